The lowest BCUT2D eigenvalue weighted by Gasteiger charge is -2.24. The minimum Gasteiger partial charge on any atom is -0.339 e. The van der Waals surface area contributed by atoms with E-state index in [1.54, 1.807) is 24.9 Å². The molecule has 3 aromatic rings. The Balaban J connectivity index is 1.55. The van der Waals surface area contributed by atoms with Crippen molar-refractivity contribution in [1.29, 1.82) is 0 Å². The van der Waals surface area contributed by atoms with Gasteiger partial charge in [0, 0.05) is 31.1 Å². The largest absolute Gasteiger partial charge is 0.339 e. The van der Waals surface area contributed by atoms with Crippen LogP contribution in [0, 0.1) is 6.92 Å². The Morgan fingerprint density at radius 3 is 2.79 bits per heavy atom. The number of hydrogen-bond acceptors (Lipinski definition) is 4. The monoisotopic (exact) mass is 398 g/mol. The first-order valence-electron chi connectivity index (χ1n) is 8.88. The molecule has 9 heteroatoms. The molecular formula is C19H19ClN6O2. The van der Waals surface area contributed by atoms with Crippen LogP contribution in [0.3, 0.4) is 0 Å². The van der Waals surface area contributed by atoms with E-state index in [4.69, 9.17) is 11.6 Å². The van der Waals surface area contributed by atoms with E-state index in [9.17, 15) is 9.59 Å². The van der Waals surface area contributed by atoms with Crippen LogP contribution in [0.4, 0.5) is 5.69 Å². The highest BCUT2D eigenvalue weighted by molar-refractivity contribution is 6.34. The topological polar surface area (TPSA) is 107 Å². The Morgan fingerprint density at radius 2 is 2.14 bits per heavy atom. The molecule has 0 aliphatic carbocycles. The molecule has 0 atom stereocenters. The van der Waals surface area contributed by atoms with E-state index in [2.05, 4.69) is 31.6 Å². The molecule has 144 valence electrons. The summed E-state index contributed by atoms with van der Waals surface area (Å²) >= 11 is 6.08. The van der Waals surface area contributed by atoms with E-state index in [0.717, 1.165) is 28.7 Å². The third-order valence-electron chi connectivity index (χ3n) is 4.83. The quantitative estimate of drug-likeness (QED) is 0.630. The molecule has 8 nitrogen and oxygen atoms in total. The van der Waals surface area contributed by atoms with Crippen LogP contribution < -0.4 is 5.32 Å². The van der Waals surface area contributed by atoms with Gasteiger partial charge in [0.1, 0.15) is 11.3 Å². The van der Waals surface area contributed by atoms with Gasteiger partial charge in [0.05, 0.1) is 22.6 Å². The number of fused-ring (bicyclic) bond motifs is 1. The fourth-order valence-corrected chi connectivity index (χ4v) is 3.39. The summed E-state index contributed by atoms with van der Waals surface area (Å²) in [6.45, 7) is 4.62. The number of aromatic nitrogens is 4. The normalized spacial score (nSPS) is 14.2. The fourth-order valence-electron chi connectivity index (χ4n) is 3.22. The molecule has 0 fully saturated rings. The molecule has 4 heterocycles. The van der Waals surface area contributed by atoms with Crippen molar-refractivity contribution in [1.82, 2.24) is 25.1 Å². The number of amides is 2. The van der Waals surface area contributed by atoms with Crippen molar-refractivity contribution >= 4 is 45.7 Å². The Labute approximate surface area is 166 Å². The maximum Gasteiger partial charge on any atom is 0.275 e. The average Bonchev–Trinajstić information content (AvgIpc) is 3.25. The van der Waals surface area contributed by atoms with Crippen molar-refractivity contribution in [2.45, 2.75) is 20.3 Å². The smallest absolute Gasteiger partial charge is 0.275 e. The maximum atomic E-state index is 12.4. The molecule has 28 heavy (non-hydrogen) atoms. The van der Waals surface area contributed by atoms with Crippen LogP contribution in [0.1, 0.15) is 35.2 Å². The molecule has 0 saturated carbocycles. The number of nitrogens with one attached hydrogen (secondary N) is 3. The van der Waals surface area contributed by atoms with Crippen molar-refractivity contribution in [3.63, 3.8) is 0 Å². The Hall–Kier alpha value is -3.13. The van der Waals surface area contributed by atoms with Crippen LogP contribution in [0.25, 0.3) is 16.6 Å². The summed E-state index contributed by atoms with van der Waals surface area (Å²) in [5.74, 6) is -0.289. The van der Waals surface area contributed by atoms with Gasteiger partial charge >= 0.3 is 0 Å². The van der Waals surface area contributed by atoms with Crippen molar-refractivity contribution < 1.29 is 9.59 Å². The van der Waals surface area contributed by atoms with Gasteiger partial charge in [-0.15, -0.1) is 0 Å². The molecule has 2 amide bonds. The highest BCUT2D eigenvalue weighted by Gasteiger charge is 2.18. The van der Waals surface area contributed by atoms with Gasteiger partial charge in [0.25, 0.3) is 5.91 Å². The van der Waals surface area contributed by atoms with Crippen LogP contribution in [-0.2, 0) is 4.79 Å². The molecule has 3 N–H and O–H groups in total. The van der Waals surface area contributed by atoms with Gasteiger partial charge in [-0.05, 0) is 31.1 Å². The van der Waals surface area contributed by atoms with Crippen molar-refractivity contribution in [3.8, 4) is 0 Å². The van der Waals surface area contributed by atoms with Crippen LogP contribution in [0.5, 0.6) is 0 Å². The molecule has 0 bridgehead atoms. The van der Waals surface area contributed by atoms with E-state index in [0.29, 0.717) is 29.5 Å². The molecule has 0 radical (unpaired) electrons. The second kappa shape index (κ2) is 7.12. The van der Waals surface area contributed by atoms with Gasteiger partial charge in [-0.2, -0.15) is 5.10 Å². The minimum absolute atomic E-state index is 0.0848. The van der Waals surface area contributed by atoms with Gasteiger partial charge in [-0.1, -0.05) is 17.7 Å². The Bertz CT molecular complexity index is 1110. The highest BCUT2D eigenvalue weighted by atomic mass is 35.5. The number of halogens is 1. The van der Waals surface area contributed by atoms with Gasteiger partial charge in [-0.3, -0.25) is 14.7 Å². The number of carbonyl (C=O) groups is 2. The number of H-pyrrole nitrogens is 2. The summed E-state index contributed by atoms with van der Waals surface area (Å²) in [7, 11) is 0. The third-order valence-corrected chi connectivity index (χ3v) is 5.29. The van der Waals surface area contributed by atoms with Crippen LogP contribution in [-0.4, -0.2) is 50.0 Å². The zero-order valence-corrected chi connectivity index (χ0v) is 16.2. The molecule has 0 unspecified atom stereocenters. The number of anilines is 1. The van der Waals surface area contributed by atoms with Gasteiger partial charge in [0.2, 0.25) is 5.91 Å². The molecule has 0 saturated heterocycles. The molecule has 1 aliphatic rings. The van der Waals surface area contributed by atoms with Crippen LogP contribution in [0.2, 0.25) is 5.02 Å². The number of nitrogens with zero attached hydrogens (tertiary/aromatic N) is 3. The predicted molar refractivity (Wildman–Crippen MR) is 107 cm³/mol. The zero-order chi connectivity index (χ0) is 19.8. The van der Waals surface area contributed by atoms with Gasteiger partial charge < -0.3 is 15.2 Å². The van der Waals surface area contributed by atoms with E-state index in [1.807, 2.05) is 12.1 Å². The second-order valence-corrected chi connectivity index (χ2v) is 7.12. The summed E-state index contributed by atoms with van der Waals surface area (Å²) in [5.41, 5.74) is 4.21. The second-order valence-electron chi connectivity index (χ2n) is 6.74. The molecular weight excluding hydrogens is 380 g/mol. The standard InChI is InChI=1S/C19H19ClN6O2/c1-10-16(20)17(25-24-10)19(28)22-14-7-13-8-15(23-18(13)21-9-14)12-3-5-26(6-4-12)11(2)27/h3,7-9H,4-6H2,1-2H3,(H,21,23)(H,22,28)(H,24,25). The molecule has 4 rings (SSSR count). The summed E-state index contributed by atoms with van der Waals surface area (Å²) in [4.78, 5) is 33.3. The lowest BCUT2D eigenvalue weighted by Crippen LogP contribution is -2.32. The predicted octanol–water partition coefficient (Wildman–Crippen LogP) is 3.14. The Morgan fingerprint density at radius 1 is 1.32 bits per heavy atom. The van der Waals surface area contributed by atoms with E-state index >= 15 is 0 Å². The average molecular weight is 399 g/mol. The first kappa shape index (κ1) is 18.2. The van der Waals surface area contributed by atoms with Crippen LogP contribution in [0.15, 0.2) is 24.4 Å². The summed E-state index contributed by atoms with van der Waals surface area (Å²) in [6, 6.07) is 3.85. The van der Waals surface area contributed by atoms with Gasteiger partial charge in [-0.25, -0.2) is 4.98 Å². The summed E-state index contributed by atoms with van der Waals surface area (Å²) < 4.78 is 0. The number of carbonyl (C=O) groups excluding carboxylic acids is 2. The van der Waals surface area contributed by atoms with Gasteiger partial charge in [0.15, 0.2) is 0 Å². The number of hydrogen-bond donors (Lipinski definition) is 3. The highest BCUT2D eigenvalue weighted by Crippen LogP contribution is 2.26. The first-order valence-corrected chi connectivity index (χ1v) is 9.25. The van der Waals surface area contributed by atoms with Crippen molar-refractivity contribution in [2.24, 2.45) is 0 Å². The molecule has 1 aliphatic heterocycles. The maximum absolute atomic E-state index is 12.4. The number of rotatable bonds is 3. The number of aromatic amines is 2. The van der Waals surface area contributed by atoms with Crippen molar-refractivity contribution in [2.75, 3.05) is 18.4 Å². The third kappa shape index (κ3) is 3.38. The first-order chi connectivity index (χ1) is 13.4. The summed E-state index contributed by atoms with van der Waals surface area (Å²) in [6.07, 6.45) is 4.43. The summed E-state index contributed by atoms with van der Waals surface area (Å²) in [5, 5.41) is 10.5. The lowest BCUT2D eigenvalue weighted by atomic mass is 10.0. The van der Waals surface area contributed by atoms with E-state index in [1.165, 1.54) is 0 Å². The van der Waals surface area contributed by atoms with E-state index < -0.39 is 0 Å². The zero-order valence-electron chi connectivity index (χ0n) is 15.5. The lowest BCUT2D eigenvalue weighted by molar-refractivity contribution is -0.128. The number of aryl methyl sites for hydroxylation is 1. The van der Waals surface area contributed by atoms with E-state index in [-0.39, 0.29) is 17.5 Å². The van der Waals surface area contributed by atoms with Crippen molar-refractivity contribution in [3.05, 3.63) is 46.5 Å². The molecule has 0 spiro atoms. The Kier molecular flexibility index (Phi) is 4.64. The minimum atomic E-state index is -0.373. The number of pyridine rings is 1. The molecule has 3 aromatic heterocycles. The SMILES string of the molecule is CC(=O)N1CC=C(c2cc3cc(NC(=O)c4[nH]nc(C)c4Cl)cnc3[nH]2)CC1. The van der Waals surface area contributed by atoms with Crippen LogP contribution >= 0.6 is 11.6 Å². The fraction of sp³-hybridized carbons (Fsp3) is 0.263. The molecule has 0 aromatic carbocycles.